The third kappa shape index (κ3) is 3.54. The lowest BCUT2D eigenvalue weighted by atomic mass is 10.0. The first kappa shape index (κ1) is 18.7. The first-order valence-electron chi connectivity index (χ1n) is 9.48. The molecule has 1 unspecified atom stereocenters. The predicted octanol–water partition coefficient (Wildman–Crippen LogP) is 4.81. The molecule has 0 saturated heterocycles. The lowest BCUT2D eigenvalue weighted by Gasteiger charge is -2.25. The third-order valence-corrected chi connectivity index (χ3v) is 5.68. The highest BCUT2D eigenvalue weighted by atomic mass is 35.5. The highest BCUT2D eigenvalue weighted by Gasteiger charge is 2.37. The van der Waals surface area contributed by atoms with Gasteiger partial charge in [0.25, 0.3) is 0 Å². The molecule has 1 N–H and O–H groups in total. The van der Waals surface area contributed by atoms with Gasteiger partial charge in [-0.25, -0.2) is 0 Å². The maximum atomic E-state index is 13.3. The second kappa shape index (κ2) is 7.40. The van der Waals surface area contributed by atoms with Crippen LogP contribution in [-0.4, -0.2) is 24.1 Å². The van der Waals surface area contributed by atoms with Gasteiger partial charge in [0.05, 0.1) is 17.3 Å². The van der Waals surface area contributed by atoms with Crippen LogP contribution in [0.3, 0.4) is 0 Å². The van der Waals surface area contributed by atoms with E-state index in [4.69, 9.17) is 16.6 Å². The number of benzene rings is 2. The molecule has 2 aromatic carbocycles. The molecule has 2 aliphatic rings. The van der Waals surface area contributed by atoms with Gasteiger partial charge in [-0.05, 0) is 74.6 Å². The Balaban J connectivity index is 1.67. The van der Waals surface area contributed by atoms with Gasteiger partial charge >= 0.3 is 0 Å². The number of fused-ring (bicyclic) bond motifs is 2. The molecule has 4 rings (SSSR count). The number of carbonyl (C=O) groups excluding carboxylic acids is 2. The van der Waals surface area contributed by atoms with Crippen molar-refractivity contribution in [2.24, 2.45) is 10.9 Å². The molecular weight excluding hydrogens is 374 g/mol. The Morgan fingerprint density at radius 1 is 1.25 bits per heavy atom. The van der Waals surface area contributed by atoms with E-state index in [0.29, 0.717) is 16.4 Å². The van der Waals surface area contributed by atoms with E-state index < -0.39 is 0 Å². The van der Waals surface area contributed by atoms with E-state index in [2.05, 4.69) is 5.32 Å². The molecular formula is C22H22ClN3O2. The smallest absolute Gasteiger partial charge is 0.244 e. The molecule has 6 heteroatoms. The fraction of sp³-hybridized carbons (Fsp3) is 0.318. The number of anilines is 2. The fourth-order valence-corrected chi connectivity index (χ4v) is 4.04. The van der Waals surface area contributed by atoms with Crippen molar-refractivity contribution in [1.82, 2.24) is 0 Å². The zero-order valence-corrected chi connectivity index (χ0v) is 16.7. The average Bonchev–Trinajstić information content (AvgIpc) is 3.07. The SMILES string of the molecule is Cc1cc2c(cc1C)N(CC(=O)Nc1cccc(Cl)c1)C(=O)C1CCCC1=N2. The van der Waals surface area contributed by atoms with Crippen LogP contribution >= 0.6 is 11.6 Å². The molecule has 0 spiro atoms. The van der Waals surface area contributed by atoms with Crippen molar-refractivity contribution in [2.75, 3.05) is 16.8 Å². The van der Waals surface area contributed by atoms with Crippen LogP contribution in [0.15, 0.2) is 41.4 Å². The minimum Gasteiger partial charge on any atom is -0.324 e. The summed E-state index contributed by atoms with van der Waals surface area (Å²) in [7, 11) is 0. The zero-order chi connectivity index (χ0) is 19.8. The van der Waals surface area contributed by atoms with Gasteiger partial charge in [0.15, 0.2) is 0 Å². The summed E-state index contributed by atoms with van der Waals surface area (Å²) in [5.74, 6) is -0.535. The summed E-state index contributed by atoms with van der Waals surface area (Å²) < 4.78 is 0. The first-order chi connectivity index (χ1) is 13.4. The average molecular weight is 396 g/mol. The van der Waals surface area contributed by atoms with Gasteiger partial charge in [0.2, 0.25) is 11.8 Å². The molecule has 1 saturated carbocycles. The summed E-state index contributed by atoms with van der Waals surface area (Å²) in [6, 6.07) is 10.9. The summed E-state index contributed by atoms with van der Waals surface area (Å²) in [5, 5.41) is 3.38. The van der Waals surface area contributed by atoms with Gasteiger partial charge in [-0.1, -0.05) is 17.7 Å². The Bertz CT molecular complexity index is 999. The molecule has 2 aromatic rings. The number of hydrogen-bond acceptors (Lipinski definition) is 3. The molecule has 1 fully saturated rings. The van der Waals surface area contributed by atoms with Gasteiger partial charge in [-0.3, -0.25) is 14.6 Å². The summed E-state index contributed by atoms with van der Waals surface area (Å²) >= 11 is 5.99. The largest absolute Gasteiger partial charge is 0.324 e. The lowest BCUT2D eigenvalue weighted by Crippen LogP contribution is -2.42. The van der Waals surface area contributed by atoms with E-state index in [-0.39, 0.29) is 24.3 Å². The lowest BCUT2D eigenvalue weighted by molar-refractivity contribution is -0.122. The van der Waals surface area contributed by atoms with Crippen LogP contribution in [0.4, 0.5) is 17.1 Å². The van der Waals surface area contributed by atoms with Crippen molar-refractivity contribution in [2.45, 2.75) is 33.1 Å². The molecule has 1 atom stereocenters. The minimum atomic E-state index is -0.263. The number of aliphatic imine (C=N–C) groups is 1. The Kier molecular flexibility index (Phi) is 4.94. The van der Waals surface area contributed by atoms with Crippen molar-refractivity contribution in [3.05, 3.63) is 52.5 Å². The van der Waals surface area contributed by atoms with Crippen LogP contribution < -0.4 is 10.2 Å². The van der Waals surface area contributed by atoms with Gasteiger partial charge in [-0.2, -0.15) is 0 Å². The number of carbonyl (C=O) groups is 2. The highest BCUT2D eigenvalue weighted by Crippen LogP contribution is 2.39. The van der Waals surface area contributed by atoms with Crippen LogP contribution in [0, 0.1) is 19.8 Å². The van der Waals surface area contributed by atoms with Crippen molar-refractivity contribution >= 4 is 46.2 Å². The van der Waals surface area contributed by atoms with Gasteiger partial charge < -0.3 is 10.2 Å². The Morgan fingerprint density at radius 3 is 2.82 bits per heavy atom. The molecule has 0 radical (unpaired) electrons. The quantitative estimate of drug-likeness (QED) is 0.810. The van der Waals surface area contributed by atoms with Crippen molar-refractivity contribution in [3.63, 3.8) is 0 Å². The van der Waals surface area contributed by atoms with Crippen LogP contribution in [-0.2, 0) is 9.59 Å². The molecule has 0 aromatic heterocycles. The Morgan fingerprint density at radius 2 is 2.04 bits per heavy atom. The number of nitrogens with zero attached hydrogens (tertiary/aromatic N) is 2. The van der Waals surface area contributed by atoms with Crippen LogP contribution in [0.2, 0.25) is 5.02 Å². The predicted molar refractivity (Wildman–Crippen MR) is 113 cm³/mol. The first-order valence-corrected chi connectivity index (χ1v) is 9.85. The number of rotatable bonds is 3. The standard InChI is InChI=1S/C22H22ClN3O2/c1-13-9-19-20(10-14(13)2)26(22(28)17-7-4-8-18(17)25-19)12-21(27)24-16-6-3-5-15(23)11-16/h3,5-6,9-11,17H,4,7-8,12H2,1-2H3,(H,24,27). The number of halogens is 1. The zero-order valence-electron chi connectivity index (χ0n) is 16.0. The van der Waals surface area contributed by atoms with E-state index in [1.54, 1.807) is 29.2 Å². The molecule has 2 amide bonds. The van der Waals surface area contributed by atoms with Crippen molar-refractivity contribution < 1.29 is 9.59 Å². The van der Waals surface area contributed by atoms with Crippen molar-refractivity contribution in [3.8, 4) is 0 Å². The topological polar surface area (TPSA) is 61.8 Å². The van der Waals surface area contributed by atoms with E-state index >= 15 is 0 Å². The Labute approximate surface area is 169 Å². The highest BCUT2D eigenvalue weighted by molar-refractivity contribution is 6.31. The molecule has 1 aliphatic heterocycles. The minimum absolute atomic E-state index is 0.0421. The Hall–Kier alpha value is -2.66. The van der Waals surface area contributed by atoms with Gasteiger partial charge in [0, 0.05) is 16.4 Å². The maximum absolute atomic E-state index is 13.3. The molecule has 1 aliphatic carbocycles. The maximum Gasteiger partial charge on any atom is 0.244 e. The molecule has 28 heavy (non-hydrogen) atoms. The number of aryl methyl sites for hydroxylation is 2. The second-order valence-electron chi connectivity index (χ2n) is 7.46. The normalized spacial score (nSPS) is 18.2. The summed E-state index contributed by atoms with van der Waals surface area (Å²) in [6.45, 7) is 3.98. The second-order valence-corrected chi connectivity index (χ2v) is 7.89. The fourth-order valence-electron chi connectivity index (χ4n) is 3.85. The monoisotopic (exact) mass is 395 g/mol. The van der Waals surface area contributed by atoms with Gasteiger partial charge in [0.1, 0.15) is 6.54 Å². The number of hydrogen-bond donors (Lipinski definition) is 1. The van der Waals surface area contributed by atoms with E-state index in [0.717, 1.165) is 41.8 Å². The van der Waals surface area contributed by atoms with E-state index in [1.165, 1.54) is 0 Å². The van der Waals surface area contributed by atoms with Crippen LogP contribution in [0.1, 0.15) is 30.4 Å². The number of nitrogens with one attached hydrogen (secondary N) is 1. The van der Waals surface area contributed by atoms with Crippen molar-refractivity contribution in [1.29, 1.82) is 0 Å². The molecule has 0 bridgehead atoms. The number of amides is 2. The molecule has 1 heterocycles. The van der Waals surface area contributed by atoms with E-state index in [1.807, 2.05) is 26.0 Å². The molecule has 144 valence electrons. The summed E-state index contributed by atoms with van der Waals surface area (Å²) in [4.78, 5) is 32.4. The van der Waals surface area contributed by atoms with E-state index in [9.17, 15) is 9.59 Å². The van der Waals surface area contributed by atoms with Gasteiger partial charge in [-0.15, -0.1) is 0 Å². The third-order valence-electron chi connectivity index (χ3n) is 5.45. The van der Waals surface area contributed by atoms with Crippen LogP contribution in [0.5, 0.6) is 0 Å². The van der Waals surface area contributed by atoms with Crippen LogP contribution in [0.25, 0.3) is 0 Å². The molecule has 5 nitrogen and oxygen atoms in total. The summed E-state index contributed by atoms with van der Waals surface area (Å²) in [5.41, 5.74) is 5.21. The summed E-state index contributed by atoms with van der Waals surface area (Å²) in [6.07, 6.45) is 2.58.